The van der Waals surface area contributed by atoms with Crippen molar-refractivity contribution in [3.63, 3.8) is 0 Å². The summed E-state index contributed by atoms with van der Waals surface area (Å²) in [5, 5.41) is 11.8. The summed E-state index contributed by atoms with van der Waals surface area (Å²) in [6, 6.07) is 6.13. The summed E-state index contributed by atoms with van der Waals surface area (Å²) in [6.45, 7) is 0.550. The van der Waals surface area contributed by atoms with Gasteiger partial charge in [0.2, 0.25) is 5.91 Å². The Labute approximate surface area is 123 Å². The molecule has 1 aromatic rings. The first-order valence-electron chi connectivity index (χ1n) is 6.88. The van der Waals surface area contributed by atoms with Gasteiger partial charge in [-0.2, -0.15) is 0 Å². The Morgan fingerprint density at radius 1 is 1.43 bits per heavy atom. The molecule has 0 aliphatic carbocycles. The molecule has 6 heteroatoms. The SMILES string of the molecule is COc1ccc(C[C@H](NC(=O)[C@H]2CCCO2)C(=O)O)cc1. The van der Waals surface area contributed by atoms with Crippen molar-refractivity contribution in [2.45, 2.75) is 31.4 Å². The maximum Gasteiger partial charge on any atom is 0.326 e. The van der Waals surface area contributed by atoms with Crippen LogP contribution in [0.2, 0.25) is 0 Å². The minimum atomic E-state index is -1.06. The Morgan fingerprint density at radius 2 is 2.14 bits per heavy atom. The van der Waals surface area contributed by atoms with Gasteiger partial charge in [-0.05, 0) is 30.5 Å². The van der Waals surface area contributed by atoms with E-state index in [1.54, 1.807) is 31.4 Å². The Morgan fingerprint density at radius 3 is 2.67 bits per heavy atom. The minimum absolute atomic E-state index is 0.220. The Hall–Kier alpha value is -2.08. The lowest BCUT2D eigenvalue weighted by Gasteiger charge is -2.17. The number of rotatable bonds is 6. The molecule has 1 saturated heterocycles. The lowest BCUT2D eigenvalue weighted by molar-refractivity contribution is -0.143. The molecule has 1 fully saturated rings. The zero-order chi connectivity index (χ0) is 15.2. The van der Waals surface area contributed by atoms with Gasteiger partial charge in [0.05, 0.1) is 7.11 Å². The molecule has 1 aliphatic rings. The first-order chi connectivity index (χ1) is 10.1. The molecule has 1 amide bonds. The molecule has 114 valence electrons. The number of carbonyl (C=O) groups excluding carboxylic acids is 1. The van der Waals surface area contributed by atoms with Crippen LogP contribution in [-0.2, 0) is 20.7 Å². The third kappa shape index (κ3) is 4.19. The second-order valence-corrected chi connectivity index (χ2v) is 4.95. The third-order valence-electron chi connectivity index (χ3n) is 3.44. The van der Waals surface area contributed by atoms with E-state index in [0.29, 0.717) is 18.8 Å². The van der Waals surface area contributed by atoms with Crippen molar-refractivity contribution < 1.29 is 24.2 Å². The summed E-state index contributed by atoms with van der Waals surface area (Å²) < 4.78 is 10.3. The molecule has 0 bridgehead atoms. The van der Waals surface area contributed by atoms with Crippen LogP contribution in [0, 0.1) is 0 Å². The third-order valence-corrected chi connectivity index (χ3v) is 3.44. The number of hydrogen-bond acceptors (Lipinski definition) is 4. The molecule has 0 saturated carbocycles. The highest BCUT2D eigenvalue weighted by molar-refractivity contribution is 5.86. The fourth-order valence-electron chi connectivity index (χ4n) is 2.25. The van der Waals surface area contributed by atoms with Crippen LogP contribution in [0.25, 0.3) is 0 Å². The number of benzene rings is 1. The minimum Gasteiger partial charge on any atom is -0.497 e. The van der Waals surface area contributed by atoms with Gasteiger partial charge in [0, 0.05) is 13.0 Å². The van der Waals surface area contributed by atoms with Crippen molar-refractivity contribution in [3.05, 3.63) is 29.8 Å². The fourth-order valence-corrected chi connectivity index (χ4v) is 2.25. The number of amides is 1. The number of carboxylic acid groups (broad SMARTS) is 1. The molecule has 6 nitrogen and oxygen atoms in total. The van der Waals surface area contributed by atoms with Gasteiger partial charge in [0.25, 0.3) is 0 Å². The van der Waals surface area contributed by atoms with Gasteiger partial charge >= 0.3 is 5.97 Å². The van der Waals surface area contributed by atoms with E-state index in [-0.39, 0.29) is 12.3 Å². The molecule has 1 aliphatic heterocycles. The zero-order valence-electron chi connectivity index (χ0n) is 11.9. The normalized spacial score (nSPS) is 19.0. The van der Waals surface area contributed by atoms with E-state index < -0.39 is 18.1 Å². The average molecular weight is 293 g/mol. The summed E-state index contributed by atoms with van der Waals surface area (Å²) in [5.74, 6) is -0.709. The summed E-state index contributed by atoms with van der Waals surface area (Å²) in [4.78, 5) is 23.2. The van der Waals surface area contributed by atoms with E-state index >= 15 is 0 Å². The van der Waals surface area contributed by atoms with E-state index in [4.69, 9.17) is 9.47 Å². The lowest BCUT2D eigenvalue weighted by atomic mass is 10.1. The standard InChI is InChI=1S/C15H19NO5/c1-20-11-6-4-10(5-7-11)9-12(15(18)19)16-14(17)13-3-2-8-21-13/h4-7,12-13H,2-3,8-9H2,1H3,(H,16,17)(H,18,19)/t12-,13+/m0/s1. The van der Waals surface area contributed by atoms with Crippen LogP contribution in [0.5, 0.6) is 5.75 Å². The predicted molar refractivity (Wildman–Crippen MR) is 75.2 cm³/mol. The van der Waals surface area contributed by atoms with Crippen LogP contribution >= 0.6 is 0 Å². The van der Waals surface area contributed by atoms with Crippen LogP contribution in [0.15, 0.2) is 24.3 Å². The van der Waals surface area contributed by atoms with Crippen molar-refractivity contribution in [1.82, 2.24) is 5.32 Å². The molecular formula is C15H19NO5. The molecule has 0 radical (unpaired) electrons. The maximum atomic E-state index is 11.9. The van der Waals surface area contributed by atoms with Crippen molar-refractivity contribution in [2.24, 2.45) is 0 Å². The molecule has 21 heavy (non-hydrogen) atoms. The first kappa shape index (κ1) is 15.3. The van der Waals surface area contributed by atoms with Gasteiger partial charge in [-0.25, -0.2) is 4.79 Å². The number of hydrogen-bond donors (Lipinski definition) is 2. The predicted octanol–water partition coefficient (Wildman–Crippen LogP) is 0.986. The summed E-state index contributed by atoms with van der Waals surface area (Å²) in [6.07, 6.45) is 1.16. The van der Waals surface area contributed by atoms with Gasteiger partial charge in [-0.3, -0.25) is 4.79 Å². The fraction of sp³-hybridized carbons (Fsp3) is 0.467. The van der Waals surface area contributed by atoms with Crippen LogP contribution < -0.4 is 10.1 Å². The Balaban J connectivity index is 1.97. The van der Waals surface area contributed by atoms with Gasteiger partial charge in [-0.15, -0.1) is 0 Å². The quantitative estimate of drug-likeness (QED) is 0.817. The number of carboxylic acids is 1. The number of nitrogens with one attached hydrogen (secondary N) is 1. The zero-order valence-corrected chi connectivity index (χ0v) is 11.9. The van der Waals surface area contributed by atoms with Gasteiger partial charge in [0.1, 0.15) is 17.9 Å². The van der Waals surface area contributed by atoms with E-state index in [0.717, 1.165) is 12.0 Å². The van der Waals surface area contributed by atoms with Crippen LogP contribution in [0.3, 0.4) is 0 Å². The number of carbonyl (C=O) groups is 2. The number of methoxy groups -OCH3 is 1. The monoisotopic (exact) mass is 293 g/mol. The Bertz CT molecular complexity index is 493. The molecule has 1 aromatic carbocycles. The molecule has 0 aromatic heterocycles. The highest BCUT2D eigenvalue weighted by Gasteiger charge is 2.28. The van der Waals surface area contributed by atoms with E-state index in [1.165, 1.54) is 0 Å². The van der Waals surface area contributed by atoms with Crippen molar-refractivity contribution >= 4 is 11.9 Å². The first-order valence-corrected chi connectivity index (χ1v) is 6.88. The molecule has 0 spiro atoms. The Kier molecular flexibility index (Phi) is 5.16. The molecule has 1 heterocycles. The number of aliphatic carboxylic acids is 1. The summed E-state index contributed by atoms with van der Waals surface area (Å²) in [7, 11) is 1.57. The number of ether oxygens (including phenoxy) is 2. The smallest absolute Gasteiger partial charge is 0.326 e. The summed E-state index contributed by atoms with van der Waals surface area (Å²) >= 11 is 0. The average Bonchev–Trinajstić information content (AvgIpc) is 3.01. The maximum absolute atomic E-state index is 11.9. The van der Waals surface area contributed by atoms with Gasteiger partial charge in [-0.1, -0.05) is 12.1 Å². The van der Waals surface area contributed by atoms with Crippen molar-refractivity contribution in [1.29, 1.82) is 0 Å². The molecule has 2 rings (SSSR count). The van der Waals surface area contributed by atoms with Crippen LogP contribution in [0.1, 0.15) is 18.4 Å². The summed E-state index contributed by atoms with van der Waals surface area (Å²) in [5.41, 5.74) is 0.816. The van der Waals surface area contributed by atoms with Gasteiger partial charge < -0.3 is 19.9 Å². The highest BCUT2D eigenvalue weighted by Crippen LogP contribution is 2.14. The molecule has 0 unspecified atom stereocenters. The second kappa shape index (κ2) is 7.08. The van der Waals surface area contributed by atoms with E-state index in [2.05, 4.69) is 5.32 Å². The van der Waals surface area contributed by atoms with E-state index in [9.17, 15) is 14.7 Å². The van der Waals surface area contributed by atoms with Crippen molar-refractivity contribution in [2.75, 3.05) is 13.7 Å². The molecular weight excluding hydrogens is 274 g/mol. The lowest BCUT2D eigenvalue weighted by Crippen LogP contribution is -2.46. The topological polar surface area (TPSA) is 84.9 Å². The highest BCUT2D eigenvalue weighted by atomic mass is 16.5. The van der Waals surface area contributed by atoms with Gasteiger partial charge in [0.15, 0.2) is 0 Å². The van der Waals surface area contributed by atoms with Crippen LogP contribution in [0.4, 0.5) is 0 Å². The molecule has 2 N–H and O–H groups in total. The molecule has 2 atom stereocenters. The van der Waals surface area contributed by atoms with E-state index in [1.807, 2.05) is 0 Å². The largest absolute Gasteiger partial charge is 0.497 e. The van der Waals surface area contributed by atoms with Crippen LogP contribution in [-0.4, -0.2) is 42.8 Å². The second-order valence-electron chi connectivity index (χ2n) is 4.95. The van der Waals surface area contributed by atoms with Crippen molar-refractivity contribution in [3.8, 4) is 5.75 Å².